The first-order valence-corrected chi connectivity index (χ1v) is 9.66. The molecule has 5 nitrogen and oxygen atoms in total. The van der Waals surface area contributed by atoms with Crippen molar-refractivity contribution in [1.82, 2.24) is 5.32 Å². The minimum atomic E-state index is -0.644. The molecule has 0 saturated heterocycles. The average molecular weight is 422 g/mol. The van der Waals surface area contributed by atoms with Crippen LogP contribution in [0, 0.1) is 18.3 Å². The summed E-state index contributed by atoms with van der Waals surface area (Å²) in [6.07, 6.45) is -0.644. The van der Waals surface area contributed by atoms with E-state index in [-0.39, 0.29) is 10.6 Å². The van der Waals surface area contributed by atoms with Gasteiger partial charge >= 0.3 is 0 Å². The molecule has 144 valence electrons. The molecule has 1 aliphatic heterocycles. The standard InChI is InChI=1S/C22H16ClN3O2S/c1-13-3-2-4-16(11-13)26-20(25-21(27)17(12-24)22(26)29)19-10-9-18(28-19)14-5-7-15(23)8-6-14/h2-11,20,29H,1H3,(H,25,27). The molecule has 29 heavy (non-hydrogen) atoms. The zero-order valence-corrected chi connectivity index (χ0v) is 17.0. The molecule has 7 heteroatoms. The first-order valence-electron chi connectivity index (χ1n) is 8.83. The van der Waals surface area contributed by atoms with Gasteiger partial charge in [-0.15, -0.1) is 12.6 Å². The number of thiol groups is 1. The van der Waals surface area contributed by atoms with Crippen LogP contribution in [0.3, 0.4) is 0 Å². The van der Waals surface area contributed by atoms with Crippen molar-refractivity contribution in [1.29, 1.82) is 5.26 Å². The van der Waals surface area contributed by atoms with Crippen molar-refractivity contribution in [3.8, 4) is 17.4 Å². The van der Waals surface area contributed by atoms with Gasteiger partial charge in [0.1, 0.15) is 23.2 Å². The van der Waals surface area contributed by atoms with Crippen LogP contribution in [0.1, 0.15) is 17.5 Å². The van der Waals surface area contributed by atoms with Crippen molar-refractivity contribution in [3.63, 3.8) is 0 Å². The van der Waals surface area contributed by atoms with E-state index in [9.17, 15) is 10.1 Å². The number of carbonyl (C=O) groups is 1. The lowest BCUT2D eigenvalue weighted by molar-refractivity contribution is -0.118. The number of amides is 1. The Labute approximate surface area is 178 Å². The highest BCUT2D eigenvalue weighted by Crippen LogP contribution is 2.37. The van der Waals surface area contributed by atoms with E-state index < -0.39 is 12.1 Å². The third kappa shape index (κ3) is 3.63. The maximum atomic E-state index is 12.5. The lowest BCUT2D eigenvalue weighted by Gasteiger charge is -2.36. The molecule has 3 aromatic rings. The van der Waals surface area contributed by atoms with Crippen molar-refractivity contribution in [2.45, 2.75) is 13.1 Å². The average Bonchev–Trinajstić information content (AvgIpc) is 3.18. The molecule has 1 aliphatic rings. The third-order valence-corrected chi connectivity index (χ3v) is 5.31. The van der Waals surface area contributed by atoms with Crippen molar-refractivity contribution in [3.05, 3.63) is 87.6 Å². The minimum Gasteiger partial charge on any atom is -0.457 e. The van der Waals surface area contributed by atoms with Gasteiger partial charge in [0.15, 0.2) is 6.17 Å². The number of nitrogens with one attached hydrogen (secondary N) is 1. The smallest absolute Gasteiger partial charge is 0.266 e. The molecular formula is C22H16ClN3O2S. The Hall–Kier alpha value is -3.14. The molecule has 0 bridgehead atoms. The Bertz CT molecular complexity index is 1160. The predicted octanol–water partition coefficient (Wildman–Crippen LogP) is 5.21. The van der Waals surface area contributed by atoms with Crippen LogP contribution in [-0.2, 0) is 4.79 Å². The first-order chi connectivity index (χ1) is 14.0. The van der Waals surface area contributed by atoms with E-state index >= 15 is 0 Å². The molecule has 1 amide bonds. The van der Waals surface area contributed by atoms with Gasteiger partial charge < -0.3 is 14.6 Å². The molecule has 1 aromatic heterocycles. The van der Waals surface area contributed by atoms with Crippen molar-refractivity contribution < 1.29 is 9.21 Å². The van der Waals surface area contributed by atoms with Crippen molar-refractivity contribution in [2.24, 2.45) is 0 Å². The largest absolute Gasteiger partial charge is 0.457 e. The predicted molar refractivity (Wildman–Crippen MR) is 115 cm³/mol. The normalized spacial score (nSPS) is 16.6. The zero-order chi connectivity index (χ0) is 20.5. The molecule has 2 heterocycles. The second-order valence-corrected chi connectivity index (χ2v) is 7.46. The fraction of sp³-hybridized carbons (Fsp3) is 0.0909. The van der Waals surface area contributed by atoms with E-state index in [2.05, 4.69) is 17.9 Å². The Morgan fingerprint density at radius 3 is 2.62 bits per heavy atom. The number of carbonyl (C=O) groups excluding carboxylic acids is 1. The second-order valence-electron chi connectivity index (χ2n) is 6.60. The maximum absolute atomic E-state index is 12.5. The summed E-state index contributed by atoms with van der Waals surface area (Å²) in [5.41, 5.74) is 2.65. The Balaban J connectivity index is 1.79. The molecular weight excluding hydrogens is 406 g/mol. The van der Waals surface area contributed by atoms with E-state index in [1.165, 1.54) is 0 Å². The van der Waals surface area contributed by atoms with Crippen molar-refractivity contribution >= 4 is 35.8 Å². The van der Waals surface area contributed by atoms with E-state index in [4.69, 9.17) is 16.0 Å². The number of nitriles is 1. The highest BCUT2D eigenvalue weighted by Gasteiger charge is 2.35. The number of benzene rings is 2. The maximum Gasteiger partial charge on any atom is 0.266 e. The highest BCUT2D eigenvalue weighted by molar-refractivity contribution is 7.84. The van der Waals surface area contributed by atoms with Gasteiger partial charge in [-0.1, -0.05) is 23.7 Å². The number of halogens is 1. The monoisotopic (exact) mass is 421 g/mol. The molecule has 1 unspecified atom stereocenters. The van der Waals surface area contributed by atoms with Crippen molar-refractivity contribution in [2.75, 3.05) is 4.90 Å². The lowest BCUT2D eigenvalue weighted by atomic mass is 10.1. The number of furan rings is 1. The summed E-state index contributed by atoms with van der Waals surface area (Å²) in [7, 11) is 0. The number of rotatable bonds is 3. The molecule has 1 N–H and O–H groups in total. The van der Waals surface area contributed by atoms with Gasteiger partial charge in [-0.2, -0.15) is 5.26 Å². The molecule has 0 fully saturated rings. The van der Waals surface area contributed by atoms with E-state index in [0.29, 0.717) is 16.5 Å². The summed E-state index contributed by atoms with van der Waals surface area (Å²) in [6, 6.07) is 20.6. The van der Waals surface area contributed by atoms with Crippen LogP contribution in [0.15, 0.2) is 75.7 Å². The van der Waals surface area contributed by atoms with Gasteiger partial charge in [0.25, 0.3) is 5.91 Å². The molecule has 4 rings (SSSR count). The molecule has 1 atom stereocenters. The second kappa shape index (κ2) is 7.70. The van der Waals surface area contributed by atoms with Crippen LogP contribution >= 0.6 is 24.2 Å². The Morgan fingerprint density at radius 2 is 1.93 bits per heavy atom. The topological polar surface area (TPSA) is 69.3 Å². The highest BCUT2D eigenvalue weighted by atomic mass is 35.5. The van der Waals surface area contributed by atoms with Crippen LogP contribution < -0.4 is 10.2 Å². The fourth-order valence-electron chi connectivity index (χ4n) is 3.22. The quantitative estimate of drug-likeness (QED) is 0.569. The van der Waals surface area contributed by atoms with Crippen LogP contribution in [0.5, 0.6) is 0 Å². The summed E-state index contributed by atoms with van der Waals surface area (Å²) in [5.74, 6) is 0.676. The zero-order valence-electron chi connectivity index (χ0n) is 15.4. The van der Waals surface area contributed by atoms with E-state index in [0.717, 1.165) is 16.8 Å². The van der Waals surface area contributed by atoms with Crippen LogP contribution in [0.2, 0.25) is 5.02 Å². The minimum absolute atomic E-state index is 0.0458. The molecule has 0 saturated carbocycles. The lowest BCUT2D eigenvalue weighted by Crippen LogP contribution is -2.45. The first kappa shape index (κ1) is 19.2. The summed E-state index contributed by atoms with van der Waals surface area (Å²) < 4.78 is 6.06. The summed E-state index contributed by atoms with van der Waals surface area (Å²) in [4.78, 5) is 14.2. The summed E-state index contributed by atoms with van der Waals surface area (Å²) in [5, 5.41) is 13.2. The van der Waals surface area contributed by atoms with Gasteiger partial charge in [0.05, 0.1) is 5.03 Å². The summed E-state index contributed by atoms with van der Waals surface area (Å²) >= 11 is 10.5. The number of aryl methyl sites for hydroxylation is 1. The number of anilines is 1. The van der Waals surface area contributed by atoms with Crippen LogP contribution in [0.4, 0.5) is 5.69 Å². The van der Waals surface area contributed by atoms with Crippen LogP contribution in [0.25, 0.3) is 11.3 Å². The summed E-state index contributed by atoms with van der Waals surface area (Å²) in [6.45, 7) is 1.97. The molecule has 0 spiro atoms. The van der Waals surface area contributed by atoms with Gasteiger partial charge in [0, 0.05) is 16.3 Å². The van der Waals surface area contributed by atoms with Gasteiger partial charge in [-0.05, 0) is 61.0 Å². The van der Waals surface area contributed by atoms with E-state index in [1.807, 2.05) is 55.5 Å². The Morgan fingerprint density at radius 1 is 1.17 bits per heavy atom. The van der Waals surface area contributed by atoms with E-state index in [1.54, 1.807) is 23.1 Å². The molecule has 2 aromatic carbocycles. The van der Waals surface area contributed by atoms with Gasteiger partial charge in [0.2, 0.25) is 0 Å². The molecule has 0 aliphatic carbocycles. The fourth-order valence-corrected chi connectivity index (χ4v) is 3.73. The number of hydrogen-bond donors (Lipinski definition) is 2. The number of hydrogen-bond acceptors (Lipinski definition) is 5. The number of nitrogens with zero attached hydrogens (tertiary/aromatic N) is 2. The van der Waals surface area contributed by atoms with Gasteiger partial charge in [-0.25, -0.2) is 0 Å². The SMILES string of the molecule is Cc1cccc(N2C(S)=C(C#N)C(=O)NC2c2ccc(-c3ccc(Cl)cc3)o2)c1. The van der Waals surface area contributed by atoms with Crippen LogP contribution in [-0.4, -0.2) is 5.91 Å². The molecule has 0 radical (unpaired) electrons. The third-order valence-electron chi connectivity index (χ3n) is 4.62. The van der Waals surface area contributed by atoms with Gasteiger partial charge in [-0.3, -0.25) is 4.79 Å². The Kier molecular flexibility index (Phi) is 5.10.